The molecule has 0 aliphatic heterocycles. The predicted molar refractivity (Wildman–Crippen MR) is 85.1 cm³/mol. The second kappa shape index (κ2) is 6.90. The molecule has 0 fully saturated rings. The molecule has 1 aromatic heterocycles. The predicted octanol–water partition coefficient (Wildman–Crippen LogP) is 3.29. The lowest BCUT2D eigenvalue weighted by molar-refractivity contribution is 0.0937. The normalized spacial score (nSPS) is 17.7. The number of allylic oxidation sites excluding steroid dienone is 2. The Balaban J connectivity index is 2.10. The van der Waals surface area contributed by atoms with E-state index < -0.39 is 5.95 Å². The lowest BCUT2D eigenvalue weighted by Gasteiger charge is -2.23. The van der Waals surface area contributed by atoms with Crippen molar-refractivity contribution in [2.75, 3.05) is 0 Å². The minimum Gasteiger partial charge on any atom is -0.345 e. The van der Waals surface area contributed by atoms with Crippen LogP contribution in [-0.2, 0) is 7.05 Å². The third-order valence-corrected chi connectivity index (χ3v) is 3.96. The summed E-state index contributed by atoms with van der Waals surface area (Å²) in [5.74, 6) is -0.367. The summed E-state index contributed by atoms with van der Waals surface area (Å²) in [6.07, 6.45) is 8.87. The van der Waals surface area contributed by atoms with Crippen LogP contribution in [0.4, 0.5) is 4.39 Å². The molecule has 0 spiro atoms. The molecule has 2 rings (SSSR count). The zero-order valence-electron chi connectivity index (χ0n) is 13.7. The monoisotopic (exact) mass is 305 g/mol. The van der Waals surface area contributed by atoms with Crippen LogP contribution in [0.25, 0.3) is 0 Å². The highest BCUT2D eigenvalue weighted by Gasteiger charge is 2.24. The van der Waals surface area contributed by atoms with Crippen molar-refractivity contribution in [3.63, 3.8) is 0 Å². The molecule has 1 aliphatic carbocycles. The first kappa shape index (κ1) is 16.5. The van der Waals surface area contributed by atoms with Gasteiger partial charge in [0.1, 0.15) is 5.56 Å². The zero-order chi connectivity index (χ0) is 16.3. The highest BCUT2D eigenvalue weighted by Crippen LogP contribution is 2.21. The number of rotatable bonds is 5. The molecule has 22 heavy (non-hydrogen) atoms. The number of halogens is 1. The smallest absolute Gasteiger partial charge is 0.258 e. The maximum atomic E-state index is 14.0. The lowest BCUT2D eigenvalue weighted by Crippen LogP contribution is -2.37. The van der Waals surface area contributed by atoms with Gasteiger partial charge in [0.15, 0.2) is 0 Å². The SMILES string of the molecule is Cc1nn(C)c(F)c1C(=O)NC1CC=CC=C1CCC(C)C. The van der Waals surface area contributed by atoms with Crippen molar-refractivity contribution in [2.24, 2.45) is 13.0 Å². The van der Waals surface area contributed by atoms with Crippen LogP contribution in [-0.4, -0.2) is 21.7 Å². The Morgan fingerprint density at radius 3 is 2.86 bits per heavy atom. The number of aromatic nitrogens is 2. The Labute approximate surface area is 131 Å². The van der Waals surface area contributed by atoms with Crippen LogP contribution in [0.3, 0.4) is 0 Å². The summed E-state index contributed by atoms with van der Waals surface area (Å²) >= 11 is 0. The first-order valence-electron chi connectivity index (χ1n) is 7.75. The van der Waals surface area contributed by atoms with E-state index in [-0.39, 0.29) is 17.5 Å². The van der Waals surface area contributed by atoms with Crippen molar-refractivity contribution in [1.82, 2.24) is 15.1 Å². The maximum Gasteiger partial charge on any atom is 0.258 e. The third kappa shape index (κ3) is 3.64. The van der Waals surface area contributed by atoms with E-state index in [1.807, 2.05) is 12.2 Å². The van der Waals surface area contributed by atoms with Crippen LogP contribution in [0.5, 0.6) is 0 Å². The molecule has 0 aromatic carbocycles. The van der Waals surface area contributed by atoms with Crippen LogP contribution >= 0.6 is 0 Å². The van der Waals surface area contributed by atoms with Crippen molar-refractivity contribution >= 4 is 5.91 Å². The van der Waals surface area contributed by atoms with Gasteiger partial charge >= 0.3 is 0 Å². The lowest BCUT2D eigenvalue weighted by atomic mass is 9.92. The largest absolute Gasteiger partial charge is 0.345 e. The van der Waals surface area contributed by atoms with Gasteiger partial charge in [-0.3, -0.25) is 4.79 Å². The van der Waals surface area contributed by atoms with Crippen molar-refractivity contribution in [3.8, 4) is 0 Å². The standard InChI is InChI=1S/C17H24FN3O/c1-11(2)9-10-13-7-5-6-8-14(13)19-17(22)15-12(3)20-21(4)16(15)18/h5-7,11,14H,8-10H2,1-4H3,(H,19,22). The average Bonchev–Trinajstić information content (AvgIpc) is 2.71. The van der Waals surface area contributed by atoms with E-state index in [2.05, 4.69) is 30.3 Å². The molecule has 1 atom stereocenters. The highest BCUT2D eigenvalue weighted by molar-refractivity contribution is 5.95. The van der Waals surface area contributed by atoms with E-state index in [1.165, 1.54) is 12.6 Å². The van der Waals surface area contributed by atoms with Gasteiger partial charge in [0.05, 0.1) is 11.7 Å². The van der Waals surface area contributed by atoms with Gasteiger partial charge < -0.3 is 5.32 Å². The molecular weight excluding hydrogens is 281 g/mol. The molecule has 1 amide bonds. The van der Waals surface area contributed by atoms with Gasteiger partial charge in [-0.15, -0.1) is 0 Å². The van der Waals surface area contributed by atoms with Crippen LogP contribution in [0, 0.1) is 18.8 Å². The van der Waals surface area contributed by atoms with Gasteiger partial charge in [0.25, 0.3) is 5.91 Å². The molecule has 1 N–H and O–H groups in total. The minimum absolute atomic E-state index is 0.0419. The summed E-state index contributed by atoms with van der Waals surface area (Å²) in [5, 5.41) is 6.91. The van der Waals surface area contributed by atoms with E-state index in [0.717, 1.165) is 23.9 Å². The molecule has 0 radical (unpaired) electrons. The van der Waals surface area contributed by atoms with E-state index >= 15 is 0 Å². The van der Waals surface area contributed by atoms with Gasteiger partial charge in [0.2, 0.25) is 5.95 Å². The van der Waals surface area contributed by atoms with Crippen molar-refractivity contribution in [3.05, 3.63) is 41.0 Å². The fourth-order valence-corrected chi connectivity index (χ4v) is 2.66. The average molecular weight is 305 g/mol. The van der Waals surface area contributed by atoms with E-state index in [4.69, 9.17) is 0 Å². The Morgan fingerprint density at radius 2 is 2.27 bits per heavy atom. The van der Waals surface area contributed by atoms with Gasteiger partial charge in [-0.05, 0) is 37.7 Å². The van der Waals surface area contributed by atoms with Gasteiger partial charge in [-0.25, -0.2) is 4.68 Å². The number of nitrogens with zero attached hydrogens (tertiary/aromatic N) is 2. The topological polar surface area (TPSA) is 46.9 Å². The summed E-state index contributed by atoms with van der Waals surface area (Å²) < 4.78 is 15.1. The summed E-state index contributed by atoms with van der Waals surface area (Å²) in [6, 6.07) is -0.0599. The summed E-state index contributed by atoms with van der Waals surface area (Å²) in [5.41, 5.74) is 1.66. The Bertz CT molecular complexity index is 614. The molecule has 0 bridgehead atoms. The molecule has 0 saturated heterocycles. The Hall–Kier alpha value is -1.91. The summed E-state index contributed by atoms with van der Waals surface area (Å²) in [7, 11) is 1.50. The first-order chi connectivity index (χ1) is 10.4. The Kier molecular flexibility index (Phi) is 5.16. The summed E-state index contributed by atoms with van der Waals surface area (Å²) in [4.78, 5) is 12.4. The number of amides is 1. The second-order valence-electron chi connectivity index (χ2n) is 6.24. The number of nitrogens with one attached hydrogen (secondary N) is 1. The van der Waals surface area contributed by atoms with Crippen LogP contribution in [0.2, 0.25) is 0 Å². The van der Waals surface area contributed by atoms with E-state index in [1.54, 1.807) is 6.92 Å². The molecule has 1 unspecified atom stereocenters. The molecule has 120 valence electrons. The fraction of sp³-hybridized carbons (Fsp3) is 0.529. The van der Waals surface area contributed by atoms with Gasteiger partial charge in [-0.1, -0.05) is 32.1 Å². The summed E-state index contributed by atoms with van der Waals surface area (Å²) in [6.45, 7) is 6.01. The van der Waals surface area contributed by atoms with Crippen molar-refractivity contribution in [1.29, 1.82) is 0 Å². The zero-order valence-corrected chi connectivity index (χ0v) is 13.7. The maximum absolute atomic E-state index is 14.0. The van der Waals surface area contributed by atoms with E-state index in [9.17, 15) is 9.18 Å². The van der Waals surface area contributed by atoms with Gasteiger partial charge in [0, 0.05) is 7.05 Å². The molecule has 5 heteroatoms. The van der Waals surface area contributed by atoms with Crippen LogP contribution in [0.1, 0.15) is 49.2 Å². The highest BCUT2D eigenvalue weighted by atomic mass is 19.1. The molecular formula is C17H24FN3O. The fourth-order valence-electron chi connectivity index (χ4n) is 2.66. The number of carbonyl (C=O) groups excluding carboxylic acids is 1. The molecule has 4 nitrogen and oxygen atoms in total. The number of carbonyl (C=O) groups is 1. The van der Waals surface area contributed by atoms with Gasteiger partial charge in [-0.2, -0.15) is 9.49 Å². The molecule has 0 saturated carbocycles. The molecule has 1 aromatic rings. The third-order valence-electron chi connectivity index (χ3n) is 3.96. The quantitative estimate of drug-likeness (QED) is 0.907. The number of hydrogen-bond acceptors (Lipinski definition) is 2. The second-order valence-corrected chi connectivity index (χ2v) is 6.24. The minimum atomic E-state index is -0.589. The Morgan fingerprint density at radius 1 is 1.55 bits per heavy atom. The number of hydrogen-bond donors (Lipinski definition) is 1. The van der Waals surface area contributed by atoms with Crippen molar-refractivity contribution < 1.29 is 9.18 Å². The number of aryl methyl sites for hydroxylation is 2. The van der Waals surface area contributed by atoms with Crippen molar-refractivity contribution in [2.45, 2.75) is 46.1 Å². The van der Waals surface area contributed by atoms with Crippen LogP contribution in [0.15, 0.2) is 23.8 Å². The molecule has 1 aliphatic rings. The van der Waals surface area contributed by atoms with Crippen LogP contribution < -0.4 is 5.32 Å². The molecule has 1 heterocycles. The van der Waals surface area contributed by atoms with E-state index in [0.29, 0.717) is 11.6 Å². The first-order valence-corrected chi connectivity index (χ1v) is 7.75.